The lowest BCUT2D eigenvalue weighted by atomic mass is 10.0. The molecule has 1 aromatic carbocycles. The molecule has 6 heteroatoms. The number of nitrogens with zero attached hydrogens (tertiary/aromatic N) is 2. The van der Waals surface area contributed by atoms with Gasteiger partial charge in [0, 0.05) is 19.2 Å². The van der Waals surface area contributed by atoms with Crippen LogP contribution in [-0.4, -0.2) is 34.7 Å². The zero-order valence-corrected chi connectivity index (χ0v) is 12.8. The SMILES string of the molecule is CCCN(C)C(=O)c1onc(-c2ccc(F)cc2)c1[C@H](C)O. The van der Waals surface area contributed by atoms with Crippen molar-refractivity contribution in [1.29, 1.82) is 0 Å². The zero-order valence-electron chi connectivity index (χ0n) is 12.8. The molecule has 2 rings (SSSR count). The van der Waals surface area contributed by atoms with E-state index in [1.807, 2.05) is 6.92 Å². The third kappa shape index (κ3) is 3.17. The molecular formula is C16H19FN2O3. The lowest BCUT2D eigenvalue weighted by Gasteiger charge is -2.15. The van der Waals surface area contributed by atoms with Crippen LogP contribution in [0.15, 0.2) is 28.8 Å². The standard InChI is InChI=1S/C16H19FN2O3/c1-4-9-19(3)16(21)15-13(10(2)20)14(18-22-15)11-5-7-12(17)8-6-11/h5-8,10,20H,4,9H2,1-3H3/t10-/m0/s1. The summed E-state index contributed by atoms with van der Waals surface area (Å²) in [4.78, 5) is 13.9. The van der Waals surface area contributed by atoms with Crippen LogP contribution in [0.3, 0.4) is 0 Å². The van der Waals surface area contributed by atoms with Crippen molar-refractivity contribution in [2.75, 3.05) is 13.6 Å². The molecule has 0 aliphatic rings. The number of aromatic nitrogens is 1. The number of hydrogen-bond acceptors (Lipinski definition) is 4. The Balaban J connectivity index is 2.46. The van der Waals surface area contributed by atoms with E-state index in [9.17, 15) is 14.3 Å². The van der Waals surface area contributed by atoms with Crippen molar-refractivity contribution >= 4 is 5.91 Å². The van der Waals surface area contributed by atoms with E-state index in [-0.39, 0.29) is 17.5 Å². The number of benzene rings is 1. The molecule has 22 heavy (non-hydrogen) atoms. The monoisotopic (exact) mass is 306 g/mol. The maximum absolute atomic E-state index is 13.0. The summed E-state index contributed by atoms with van der Waals surface area (Å²) in [6.45, 7) is 4.07. The maximum atomic E-state index is 13.0. The molecule has 0 saturated carbocycles. The van der Waals surface area contributed by atoms with Crippen LogP contribution in [0, 0.1) is 5.82 Å². The molecule has 118 valence electrons. The Kier molecular flexibility index (Phi) is 4.92. The van der Waals surface area contributed by atoms with Gasteiger partial charge in [0.25, 0.3) is 5.91 Å². The summed E-state index contributed by atoms with van der Waals surface area (Å²) in [5.74, 6) is -0.686. The number of halogens is 1. The summed E-state index contributed by atoms with van der Waals surface area (Å²) < 4.78 is 18.2. The van der Waals surface area contributed by atoms with Crippen molar-refractivity contribution in [3.63, 3.8) is 0 Å². The number of carbonyl (C=O) groups excluding carboxylic acids is 1. The Hall–Kier alpha value is -2.21. The Morgan fingerprint density at radius 3 is 2.59 bits per heavy atom. The summed E-state index contributed by atoms with van der Waals surface area (Å²) in [7, 11) is 1.66. The number of aliphatic hydroxyl groups is 1. The van der Waals surface area contributed by atoms with Gasteiger partial charge in [0.2, 0.25) is 5.76 Å². The number of aliphatic hydroxyl groups excluding tert-OH is 1. The van der Waals surface area contributed by atoms with Crippen LogP contribution in [0.25, 0.3) is 11.3 Å². The third-order valence-electron chi connectivity index (χ3n) is 3.36. The highest BCUT2D eigenvalue weighted by atomic mass is 19.1. The molecule has 0 fully saturated rings. The average molecular weight is 306 g/mol. The fourth-order valence-corrected chi connectivity index (χ4v) is 2.27. The first-order valence-corrected chi connectivity index (χ1v) is 7.14. The topological polar surface area (TPSA) is 66.6 Å². The van der Waals surface area contributed by atoms with Crippen molar-refractivity contribution < 1.29 is 18.8 Å². The van der Waals surface area contributed by atoms with Crippen molar-refractivity contribution in [3.8, 4) is 11.3 Å². The highest BCUT2D eigenvalue weighted by molar-refractivity contribution is 5.94. The number of amides is 1. The summed E-state index contributed by atoms with van der Waals surface area (Å²) in [5, 5.41) is 13.9. The molecule has 1 atom stereocenters. The Morgan fingerprint density at radius 2 is 2.05 bits per heavy atom. The van der Waals surface area contributed by atoms with E-state index in [1.165, 1.54) is 36.1 Å². The average Bonchev–Trinajstić information content (AvgIpc) is 2.92. The van der Waals surface area contributed by atoms with Crippen LogP contribution < -0.4 is 0 Å². The van der Waals surface area contributed by atoms with Gasteiger partial charge in [0.05, 0.1) is 11.7 Å². The highest BCUT2D eigenvalue weighted by Crippen LogP contribution is 2.31. The summed E-state index contributed by atoms with van der Waals surface area (Å²) >= 11 is 0. The fraction of sp³-hybridized carbons (Fsp3) is 0.375. The van der Waals surface area contributed by atoms with Crippen LogP contribution >= 0.6 is 0 Å². The summed E-state index contributed by atoms with van der Waals surface area (Å²) in [5.41, 5.74) is 1.25. The van der Waals surface area contributed by atoms with Crippen molar-refractivity contribution in [2.45, 2.75) is 26.4 Å². The second kappa shape index (κ2) is 6.70. The minimum atomic E-state index is -0.930. The molecule has 1 heterocycles. The first-order chi connectivity index (χ1) is 10.5. The smallest absolute Gasteiger partial charge is 0.292 e. The van der Waals surface area contributed by atoms with Crippen LogP contribution in [-0.2, 0) is 0 Å². The molecule has 0 bridgehead atoms. The molecule has 0 radical (unpaired) electrons. The summed E-state index contributed by atoms with van der Waals surface area (Å²) in [6.07, 6.45) is -0.120. The normalized spacial score (nSPS) is 12.2. The lowest BCUT2D eigenvalue weighted by molar-refractivity contribution is 0.0745. The van der Waals surface area contributed by atoms with E-state index in [4.69, 9.17) is 4.52 Å². The van der Waals surface area contributed by atoms with E-state index in [0.29, 0.717) is 23.4 Å². The van der Waals surface area contributed by atoms with Crippen LogP contribution in [0.5, 0.6) is 0 Å². The lowest BCUT2D eigenvalue weighted by Crippen LogP contribution is -2.28. The molecule has 0 aliphatic heterocycles. The number of hydrogen-bond donors (Lipinski definition) is 1. The van der Waals surface area contributed by atoms with Gasteiger partial charge in [-0.25, -0.2) is 4.39 Å². The van der Waals surface area contributed by atoms with Gasteiger partial charge in [-0.2, -0.15) is 0 Å². The van der Waals surface area contributed by atoms with E-state index in [0.717, 1.165) is 6.42 Å². The van der Waals surface area contributed by atoms with Gasteiger partial charge in [0.15, 0.2) is 0 Å². The summed E-state index contributed by atoms with van der Waals surface area (Å²) in [6, 6.07) is 5.65. The van der Waals surface area contributed by atoms with Gasteiger partial charge in [0.1, 0.15) is 11.5 Å². The Bertz CT molecular complexity index is 650. The molecular weight excluding hydrogens is 287 g/mol. The number of carbonyl (C=O) groups is 1. The molecule has 1 N–H and O–H groups in total. The van der Waals surface area contributed by atoms with Crippen molar-refractivity contribution in [1.82, 2.24) is 10.1 Å². The number of rotatable bonds is 5. The van der Waals surface area contributed by atoms with Gasteiger partial charge in [-0.3, -0.25) is 4.79 Å². The van der Waals surface area contributed by atoms with Gasteiger partial charge in [-0.15, -0.1) is 0 Å². The second-order valence-electron chi connectivity index (χ2n) is 5.18. The van der Waals surface area contributed by atoms with Gasteiger partial charge < -0.3 is 14.5 Å². The zero-order chi connectivity index (χ0) is 16.3. The first-order valence-electron chi connectivity index (χ1n) is 7.14. The molecule has 0 saturated heterocycles. The molecule has 1 amide bonds. The molecule has 1 aromatic heterocycles. The highest BCUT2D eigenvalue weighted by Gasteiger charge is 2.28. The molecule has 2 aromatic rings. The molecule has 0 spiro atoms. The van der Waals surface area contributed by atoms with Crippen molar-refractivity contribution in [2.24, 2.45) is 0 Å². The largest absolute Gasteiger partial charge is 0.388 e. The van der Waals surface area contributed by atoms with Crippen LogP contribution in [0.2, 0.25) is 0 Å². The molecule has 0 aliphatic carbocycles. The Morgan fingerprint density at radius 1 is 1.41 bits per heavy atom. The first kappa shape index (κ1) is 16.2. The van der Waals surface area contributed by atoms with Crippen LogP contribution in [0.4, 0.5) is 4.39 Å². The van der Waals surface area contributed by atoms with Gasteiger partial charge in [-0.05, 0) is 37.6 Å². The fourth-order valence-electron chi connectivity index (χ4n) is 2.27. The molecule has 0 unspecified atom stereocenters. The van der Waals surface area contributed by atoms with Crippen molar-refractivity contribution in [3.05, 3.63) is 41.4 Å². The van der Waals surface area contributed by atoms with E-state index in [2.05, 4.69) is 5.16 Å². The quantitative estimate of drug-likeness (QED) is 0.922. The van der Waals surface area contributed by atoms with E-state index in [1.54, 1.807) is 7.05 Å². The van der Waals surface area contributed by atoms with E-state index < -0.39 is 6.10 Å². The van der Waals surface area contributed by atoms with Gasteiger partial charge in [-0.1, -0.05) is 12.1 Å². The van der Waals surface area contributed by atoms with Crippen LogP contribution in [0.1, 0.15) is 42.5 Å². The minimum Gasteiger partial charge on any atom is -0.388 e. The third-order valence-corrected chi connectivity index (χ3v) is 3.36. The second-order valence-corrected chi connectivity index (χ2v) is 5.18. The predicted molar refractivity (Wildman–Crippen MR) is 79.8 cm³/mol. The van der Waals surface area contributed by atoms with E-state index >= 15 is 0 Å². The predicted octanol–water partition coefficient (Wildman–Crippen LogP) is 3.02. The van der Waals surface area contributed by atoms with Gasteiger partial charge >= 0.3 is 0 Å². The molecule has 5 nitrogen and oxygen atoms in total. The Labute approximate surface area is 128 Å². The minimum absolute atomic E-state index is 0.0188. The maximum Gasteiger partial charge on any atom is 0.292 e.